The first-order chi connectivity index (χ1) is 12.5. The minimum atomic E-state index is -0.321. The largest absolute Gasteiger partial charge is 0.324 e. The van der Waals surface area contributed by atoms with Crippen LogP contribution in [0.2, 0.25) is 0 Å². The molecule has 0 aliphatic rings. The molecule has 3 aromatic rings. The summed E-state index contributed by atoms with van der Waals surface area (Å²) < 4.78 is 0. The highest BCUT2D eigenvalue weighted by Crippen LogP contribution is 2.16. The Hall–Kier alpha value is -3.54. The van der Waals surface area contributed by atoms with E-state index < -0.39 is 0 Å². The van der Waals surface area contributed by atoms with Gasteiger partial charge in [0.05, 0.1) is 0 Å². The van der Waals surface area contributed by atoms with Gasteiger partial charge in [0.25, 0.3) is 5.91 Å². The second-order valence-corrected chi connectivity index (χ2v) is 5.85. The smallest absolute Gasteiger partial charge is 0.274 e. The molecule has 0 saturated carbocycles. The van der Waals surface area contributed by atoms with Gasteiger partial charge in [0.15, 0.2) is 5.78 Å². The van der Waals surface area contributed by atoms with E-state index >= 15 is 0 Å². The second kappa shape index (κ2) is 7.57. The molecule has 6 nitrogen and oxygen atoms in total. The maximum absolute atomic E-state index is 12.4. The molecule has 130 valence electrons. The van der Waals surface area contributed by atoms with Gasteiger partial charge in [0.1, 0.15) is 5.69 Å². The van der Waals surface area contributed by atoms with Crippen LogP contribution < -0.4 is 10.6 Å². The van der Waals surface area contributed by atoms with Gasteiger partial charge in [-0.1, -0.05) is 24.3 Å². The summed E-state index contributed by atoms with van der Waals surface area (Å²) >= 11 is 0. The Kier molecular flexibility index (Phi) is 5.03. The molecule has 3 rings (SSSR count). The SMILES string of the molecule is CC(=O)c1cccc(Nc2nccc(C(=O)Nc3cccc(C)c3)n2)c1. The number of anilines is 3. The number of hydrogen-bond donors (Lipinski definition) is 2. The van der Waals surface area contributed by atoms with E-state index in [-0.39, 0.29) is 23.3 Å². The highest BCUT2D eigenvalue weighted by molar-refractivity contribution is 6.03. The molecule has 0 fully saturated rings. The van der Waals surface area contributed by atoms with Crippen LogP contribution in [0, 0.1) is 6.92 Å². The number of amides is 1. The number of nitrogens with zero attached hydrogens (tertiary/aromatic N) is 2. The van der Waals surface area contributed by atoms with E-state index in [1.165, 1.54) is 13.1 Å². The Bertz CT molecular complexity index is 969. The number of Topliss-reactive ketones (excluding diaryl/α,β-unsaturated/α-hetero) is 1. The van der Waals surface area contributed by atoms with Crippen LogP contribution in [0.25, 0.3) is 0 Å². The molecule has 26 heavy (non-hydrogen) atoms. The van der Waals surface area contributed by atoms with Crippen molar-refractivity contribution in [2.75, 3.05) is 10.6 Å². The molecular formula is C20H18N4O2. The zero-order valence-electron chi connectivity index (χ0n) is 14.5. The Labute approximate surface area is 151 Å². The molecule has 0 atom stereocenters. The van der Waals surface area contributed by atoms with E-state index in [9.17, 15) is 9.59 Å². The first kappa shape index (κ1) is 17.3. The summed E-state index contributed by atoms with van der Waals surface area (Å²) in [5.74, 6) is -0.0676. The first-order valence-electron chi connectivity index (χ1n) is 8.10. The van der Waals surface area contributed by atoms with Crippen molar-refractivity contribution >= 4 is 29.0 Å². The molecule has 6 heteroatoms. The molecule has 1 amide bonds. The molecular weight excluding hydrogens is 328 g/mol. The standard InChI is InChI=1S/C20H18N4O2/c1-13-5-3-7-16(11-13)22-19(26)18-9-10-21-20(24-18)23-17-8-4-6-15(12-17)14(2)25/h3-12H,1-2H3,(H,22,26)(H,21,23,24). The van der Waals surface area contributed by atoms with Crippen LogP contribution in [0.4, 0.5) is 17.3 Å². The Morgan fingerprint density at radius 3 is 2.50 bits per heavy atom. The molecule has 0 unspecified atom stereocenters. The number of nitrogens with one attached hydrogen (secondary N) is 2. The molecule has 1 heterocycles. The van der Waals surface area contributed by atoms with E-state index in [2.05, 4.69) is 20.6 Å². The number of aryl methyl sites for hydroxylation is 1. The third kappa shape index (κ3) is 4.30. The number of carbonyl (C=O) groups excluding carboxylic acids is 2. The molecule has 0 aliphatic carbocycles. The van der Waals surface area contributed by atoms with E-state index in [1.807, 2.05) is 31.2 Å². The summed E-state index contributed by atoms with van der Waals surface area (Å²) in [6, 6.07) is 16.1. The third-order valence-electron chi connectivity index (χ3n) is 3.69. The third-order valence-corrected chi connectivity index (χ3v) is 3.69. The van der Waals surface area contributed by atoms with Crippen molar-refractivity contribution in [3.8, 4) is 0 Å². The monoisotopic (exact) mass is 346 g/mol. The lowest BCUT2D eigenvalue weighted by molar-refractivity contribution is 0.101. The number of hydrogen-bond acceptors (Lipinski definition) is 5. The lowest BCUT2D eigenvalue weighted by atomic mass is 10.1. The molecule has 1 aromatic heterocycles. The molecule has 0 saturated heterocycles. The van der Waals surface area contributed by atoms with Crippen molar-refractivity contribution in [3.05, 3.63) is 77.6 Å². The van der Waals surface area contributed by atoms with Gasteiger partial charge < -0.3 is 10.6 Å². The van der Waals surface area contributed by atoms with Crippen LogP contribution in [0.15, 0.2) is 60.8 Å². The van der Waals surface area contributed by atoms with Crippen LogP contribution in [0.3, 0.4) is 0 Å². The number of benzene rings is 2. The van der Waals surface area contributed by atoms with Gasteiger partial charge in [-0.25, -0.2) is 9.97 Å². The van der Waals surface area contributed by atoms with E-state index in [4.69, 9.17) is 0 Å². The number of aromatic nitrogens is 2. The predicted octanol–water partition coefficient (Wildman–Crippen LogP) is 3.98. The molecule has 2 N–H and O–H groups in total. The predicted molar refractivity (Wildman–Crippen MR) is 101 cm³/mol. The van der Waals surface area contributed by atoms with Crippen LogP contribution in [0.1, 0.15) is 33.3 Å². The van der Waals surface area contributed by atoms with Gasteiger partial charge in [-0.2, -0.15) is 0 Å². The minimum Gasteiger partial charge on any atom is -0.324 e. The normalized spacial score (nSPS) is 10.2. The number of carbonyl (C=O) groups is 2. The van der Waals surface area contributed by atoms with Crippen molar-refractivity contribution in [3.63, 3.8) is 0 Å². The van der Waals surface area contributed by atoms with E-state index in [0.717, 1.165) is 5.56 Å². The fourth-order valence-corrected chi connectivity index (χ4v) is 2.41. The van der Waals surface area contributed by atoms with Gasteiger partial charge >= 0.3 is 0 Å². The molecule has 0 bridgehead atoms. The van der Waals surface area contributed by atoms with Gasteiger partial charge in [-0.15, -0.1) is 0 Å². The highest BCUT2D eigenvalue weighted by atomic mass is 16.2. The molecule has 0 aliphatic heterocycles. The Morgan fingerprint density at radius 1 is 0.962 bits per heavy atom. The van der Waals surface area contributed by atoms with Gasteiger partial charge in [0, 0.05) is 23.1 Å². The van der Waals surface area contributed by atoms with Crippen molar-refractivity contribution in [1.29, 1.82) is 0 Å². The molecule has 0 spiro atoms. The van der Waals surface area contributed by atoms with Crippen molar-refractivity contribution < 1.29 is 9.59 Å². The average Bonchev–Trinajstić information content (AvgIpc) is 2.62. The minimum absolute atomic E-state index is 0.0270. The maximum atomic E-state index is 12.4. The van der Waals surface area contributed by atoms with Crippen molar-refractivity contribution in [2.45, 2.75) is 13.8 Å². The summed E-state index contributed by atoms with van der Waals surface area (Å²) in [5.41, 5.74) is 3.26. The van der Waals surface area contributed by atoms with Gasteiger partial charge in [-0.05, 0) is 49.7 Å². The summed E-state index contributed by atoms with van der Waals surface area (Å²) in [6.45, 7) is 3.46. The maximum Gasteiger partial charge on any atom is 0.274 e. The van der Waals surface area contributed by atoms with E-state index in [0.29, 0.717) is 16.9 Å². The summed E-state index contributed by atoms with van der Waals surface area (Å²) in [4.78, 5) is 32.2. The zero-order valence-corrected chi connectivity index (χ0v) is 14.5. The van der Waals surface area contributed by atoms with E-state index in [1.54, 1.807) is 30.3 Å². The van der Waals surface area contributed by atoms with Crippen molar-refractivity contribution in [2.24, 2.45) is 0 Å². The zero-order chi connectivity index (χ0) is 18.5. The molecule has 2 aromatic carbocycles. The summed E-state index contributed by atoms with van der Waals surface area (Å²) in [7, 11) is 0. The lowest BCUT2D eigenvalue weighted by Crippen LogP contribution is -2.14. The summed E-state index contributed by atoms with van der Waals surface area (Å²) in [5, 5.41) is 5.83. The molecule has 0 radical (unpaired) electrons. The van der Waals surface area contributed by atoms with Gasteiger partial charge in [0.2, 0.25) is 5.95 Å². The topological polar surface area (TPSA) is 84.0 Å². The van der Waals surface area contributed by atoms with Crippen LogP contribution in [-0.4, -0.2) is 21.7 Å². The summed E-state index contributed by atoms with van der Waals surface area (Å²) in [6.07, 6.45) is 1.51. The Morgan fingerprint density at radius 2 is 1.73 bits per heavy atom. The Balaban J connectivity index is 1.76. The lowest BCUT2D eigenvalue weighted by Gasteiger charge is -2.08. The van der Waals surface area contributed by atoms with Crippen molar-refractivity contribution in [1.82, 2.24) is 9.97 Å². The fraction of sp³-hybridized carbons (Fsp3) is 0.100. The van der Waals surface area contributed by atoms with Crippen LogP contribution in [-0.2, 0) is 0 Å². The second-order valence-electron chi connectivity index (χ2n) is 5.85. The van der Waals surface area contributed by atoms with Gasteiger partial charge in [-0.3, -0.25) is 9.59 Å². The quantitative estimate of drug-likeness (QED) is 0.683. The number of ketones is 1. The van der Waals surface area contributed by atoms with Crippen LogP contribution in [0.5, 0.6) is 0 Å². The average molecular weight is 346 g/mol. The first-order valence-corrected chi connectivity index (χ1v) is 8.10. The highest BCUT2D eigenvalue weighted by Gasteiger charge is 2.10. The number of rotatable bonds is 5. The fourth-order valence-electron chi connectivity index (χ4n) is 2.41. The van der Waals surface area contributed by atoms with Crippen LogP contribution >= 0.6 is 0 Å².